The number of ether oxygens (including phenoxy) is 1. The smallest absolute Gasteiger partial charge is 0.338 e. The number of carbonyl (C=O) groups excluding carboxylic acids is 1. The zero-order chi connectivity index (χ0) is 22.2. The molecular weight excluding hydrogens is 428 g/mol. The van der Waals surface area contributed by atoms with Crippen molar-refractivity contribution in [3.63, 3.8) is 0 Å². The van der Waals surface area contributed by atoms with Crippen molar-refractivity contribution in [2.24, 2.45) is 0 Å². The Kier molecular flexibility index (Phi) is 4.95. The summed E-state index contributed by atoms with van der Waals surface area (Å²) in [6.45, 7) is 1.80. The average Bonchev–Trinajstić information content (AvgIpc) is 3.13. The standard InChI is InChI=1S/C24H17ClN4O3/c1-15-26-20-11-16(7-9-21(20)29(15)19-5-3-2-4-6-19)24(31)32-14-18-12-23(30)28-13-17(25)8-10-22(28)27-18/h2-13H,14H2,1H3. The molecule has 0 saturated carbocycles. The number of rotatable bonds is 4. The fraction of sp³-hybridized carbons (Fsp3) is 0.0833. The van der Waals surface area contributed by atoms with E-state index in [-0.39, 0.29) is 12.2 Å². The maximum Gasteiger partial charge on any atom is 0.338 e. The molecule has 158 valence electrons. The molecule has 2 aromatic carbocycles. The van der Waals surface area contributed by atoms with E-state index in [0.29, 0.717) is 27.4 Å². The minimum Gasteiger partial charge on any atom is -0.456 e. The minimum absolute atomic E-state index is 0.122. The van der Waals surface area contributed by atoms with Crippen LogP contribution in [0.15, 0.2) is 77.7 Å². The maximum absolute atomic E-state index is 12.6. The fourth-order valence-electron chi connectivity index (χ4n) is 3.65. The van der Waals surface area contributed by atoms with Gasteiger partial charge in [-0.3, -0.25) is 13.8 Å². The summed E-state index contributed by atoms with van der Waals surface area (Å²) in [7, 11) is 0. The number of fused-ring (bicyclic) bond motifs is 2. The van der Waals surface area contributed by atoms with Crippen molar-refractivity contribution in [2.75, 3.05) is 0 Å². The van der Waals surface area contributed by atoms with E-state index < -0.39 is 5.97 Å². The summed E-state index contributed by atoms with van der Waals surface area (Å²) in [6, 6.07) is 19.8. The second-order valence-electron chi connectivity index (χ2n) is 7.27. The topological polar surface area (TPSA) is 78.5 Å². The van der Waals surface area contributed by atoms with Gasteiger partial charge < -0.3 is 4.74 Å². The third-order valence-corrected chi connectivity index (χ3v) is 5.32. The molecule has 8 heteroatoms. The molecule has 32 heavy (non-hydrogen) atoms. The van der Waals surface area contributed by atoms with Gasteiger partial charge in [-0.2, -0.15) is 0 Å². The lowest BCUT2D eigenvalue weighted by molar-refractivity contribution is 0.0468. The normalized spacial score (nSPS) is 11.2. The van der Waals surface area contributed by atoms with Crippen molar-refractivity contribution >= 4 is 34.3 Å². The third kappa shape index (κ3) is 3.63. The Morgan fingerprint density at radius 3 is 2.66 bits per heavy atom. The Balaban J connectivity index is 1.39. The molecule has 0 atom stereocenters. The molecule has 0 N–H and O–H groups in total. The number of benzene rings is 2. The first kappa shape index (κ1) is 20.0. The van der Waals surface area contributed by atoms with Crippen molar-refractivity contribution in [2.45, 2.75) is 13.5 Å². The number of imidazole rings is 1. The average molecular weight is 445 g/mol. The van der Waals surface area contributed by atoms with Crippen LogP contribution in [0.3, 0.4) is 0 Å². The number of carbonyl (C=O) groups is 1. The molecule has 7 nitrogen and oxygen atoms in total. The van der Waals surface area contributed by atoms with Crippen LogP contribution in [0.1, 0.15) is 21.9 Å². The lowest BCUT2D eigenvalue weighted by Gasteiger charge is -2.08. The zero-order valence-corrected chi connectivity index (χ0v) is 17.8. The van der Waals surface area contributed by atoms with Gasteiger partial charge in [-0.1, -0.05) is 29.8 Å². The van der Waals surface area contributed by atoms with Gasteiger partial charge in [0, 0.05) is 18.0 Å². The van der Waals surface area contributed by atoms with E-state index in [9.17, 15) is 9.59 Å². The van der Waals surface area contributed by atoms with Crippen molar-refractivity contribution in [3.8, 4) is 5.69 Å². The van der Waals surface area contributed by atoms with Crippen LogP contribution < -0.4 is 5.56 Å². The molecule has 0 aliphatic carbocycles. The summed E-state index contributed by atoms with van der Waals surface area (Å²) >= 11 is 5.93. The highest BCUT2D eigenvalue weighted by Crippen LogP contribution is 2.22. The number of hydrogen-bond acceptors (Lipinski definition) is 5. The van der Waals surface area contributed by atoms with Crippen LogP contribution >= 0.6 is 11.6 Å². The molecule has 0 unspecified atom stereocenters. The van der Waals surface area contributed by atoms with Crippen LogP contribution in [0.25, 0.3) is 22.4 Å². The number of aromatic nitrogens is 4. The largest absolute Gasteiger partial charge is 0.456 e. The van der Waals surface area contributed by atoms with E-state index in [1.54, 1.807) is 24.3 Å². The molecule has 5 rings (SSSR count). The zero-order valence-electron chi connectivity index (χ0n) is 17.0. The lowest BCUT2D eigenvalue weighted by Crippen LogP contribution is -2.16. The van der Waals surface area contributed by atoms with Crippen LogP contribution in [0, 0.1) is 6.92 Å². The van der Waals surface area contributed by atoms with E-state index in [0.717, 1.165) is 17.0 Å². The number of pyridine rings is 1. The van der Waals surface area contributed by atoms with E-state index in [2.05, 4.69) is 9.97 Å². The van der Waals surface area contributed by atoms with Gasteiger partial charge in [-0.25, -0.2) is 14.8 Å². The first-order valence-corrected chi connectivity index (χ1v) is 10.3. The second-order valence-corrected chi connectivity index (χ2v) is 7.71. The lowest BCUT2D eigenvalue weighted by atomic mass is 10.2. The molecule has 0 saturated heterocycles. The summed E-state index contributed by atoms with van der Waals surface area (Å²) in [6.07, 6.45) is 1.49. The van der Waals surface area contributed by atoms with Crippen molar-refractivity contribution in [3.05, 3.63) is 105 Å². The first-order valence-electron chi connectivity index (χ1n) is 9.89. The van der Waals surface area contributed by atoms with Gasteiger partial charge in [0.2, 0.25) is 0 Å². The molecule has 0 spiro atoms. The van der Waals surface area contributed by atoms with Crippen molar-refractivity contribution in [1.29, 1.82) is 0 Å². The highest BCUT2D eigenvalue weighted by atomic mass is 35.5. The molecule has 0 aliphatic heterocycles. The number of para-hydroxylation sites is 1. The molecule has 0 aliphatic rings. The summed E-state index contributed by atoms with van der Waals surface area (Å²) in [4.78, 5) is 33.9. The Hall–Kier alpha value is -3.97. The van der Waals surface area contributed by atoms with Gasteiger partial charge in [0.25, 0.3) is 5.56 Å². The van der Waals surface area contributed by atoms with E-state index in [4.69, 9.17) is 16.3 Å². The highest BCUT2D eigenvalue weighted by Gasteiger charge is 2.14. The van der Waals surface area contributed by atoms with Crippen LogP contribution in [-0.4, -0.2) is 24.9 Å². The van der Waals surface area contributed by atoms with Gasteiger partial charge in [-0.15, -0.1) is 0 Å². The minimum atomic E-state index is -0.517. The highest BCUT2D eigenvalue weighted by molar-refractivity contribution is 6.30. The van der Waals surface area contributed by atoms with Gasteiger partial charge in [0.1, 0.15) is 18.1 Å². The number of nitrogens with zero attached hydrogens (tertiary/aromatic N) is 4. The molecule has 3 heterocycles. The molecule has 0 bridgehead atoms. The van der Waals surface area contributed by atoms with E-state index in [1.807, 2.05) is 47.9 Å². The summed E-state index contributed by atoms with van der Waals surface area (Å²) in [5, 5.41) is 0.431. The number of aryl methyl sites for hydroxylation is 1. The number of esters is 1. The van der Waals surface area contributed by atoms with Gasteiger partial charge >= 0.3 is 5.97 Å². The molecule has 0 fully saturated rings. The monoisotopic (exact) mass is 444 g/mol. The predicted octanol–water partition coefficient (Wildman–Crippen LogP) is 4.35. The Morgan fingerprint density at radius 2 is 1.84 bits per heavy atom. The van der Waals surface area contributed by atoms with Crippen molar-refractivity contribution in [1.82, 2.24) is 18.9 Å². The molecule has 0 amide bonds. The van der Waals surface area contributed by atoms with Crippen molar-refractivity contribution < 1.29 is 9.53 Å². The predicted molar refractivity (Wildman–Crippen MR) is 121 cm³/mol. The van der Waals surface area contributed by atoms with Gasteiger partial charge in [0.15, 0.2) is 0 Å². The molecule has 5 aromatic rings. The van der Waals surface area contributed by atoms with Crippen LogP contribution in [0.2, 0.25) is 5.02 Å². The van der Waals surface area contributed by atoms with E-state index in [1.165, 1.54) is 16.7 Å². The molecule has 3 aromatic heterocycles. The Bertz CT molecular complexity index is 1540. The van der Waals surface area contributed by atoms with Crippen LogP contribution in [-0.2, 0) is 11.3 Å². The molecule has 0 radical (unpaired) electrons. The molecular formula is C24H17ClN4O3. The fourth-order valence-corrected chi connectivity index (χ4v) is 3.81. The number of halogens is 1. The maximum atomic E-state index is 12.6. The second kappa shape index (κ2) is 7.94. The SMILES string of the molecule is Cc1nc2cc(C(=O)OCc3cc(=O)n4cc(Cl)ccc4n3)ccc2n1-c1ccccc1. The summed E-state index contributed by atoms with van der Waals surface area (Å²) in [5.41, 5.74) is 3.45. The Morgan fingerprint density at radius 1 is 1.03 bits per heavy atom. The van der Waals surface area contributed by atoms with Gasteiger partial charge in [-0.05, 0) is 49.4 Å². The quantitative estimate of drug-likeness (QED) is 0.385. The Labute approximate surface area is 187 Å². The van der Waals surface area contributed by atoms with Gasteiger partial charge in [0.05, 0.1) is 27.3 Å². The summed E-state index contributed by atoms with van der Waals surface area (Å²) < 4.78 is 8.77. The number of hydrogen-bond donors (Lipinski definition) is 0. The first-order chi connectivity index (χ1) is 15.5. The summed E-state index contributed by atoms with van der Waals surface area (Å²) in [5.74, 6) is 0.301. The van der Waals surface area contributed by atoms with E-state index >= 15 is 0 Å². The van der Waals surface area contributed by atoms with Crippen LogP contribution in [0.5, 0.6) is 0 Å². The third-order valence-electron chi connectivity index (χ3n) is 5.10. The van der Waals surface area contributed by atoms with Crippen LogP contribution in [0.4, 0.5) is 0 Å².